The summed E-state index contributed by atoms with van der Waals surface area (Å²) in [5.41, 5.74) is 3.05. The van der Waals surface area contributed by atoms with E-state index in [9.17, 15) is 14.7 Å². The molecule has 0 fully saturated rings. The molecule has 1 heterocycles. The number of amides is 2. The number of nitrogens with zero attached hydrogens (tertiary/aromatic N) is 3. The van der Waals surface area contributed by atoms with Gasteiger partial charge in [-0.2, -0.15) is 0 Å². The third kappa shape index (κ3) is 4.70. The van der Waals surface area contributed by atoms with Crippen molar-refractivity contribution in [3.8, 4) is 0 Å². The molecule has 1 unspecified atom stereocenters. The molecule has 28 heavy (non-hydrogen) atoms. The van der Waals surface area contributed by atoms with Crippen LogP contribution in [0, 0.1) is 0 Å². The molecule has 2 aromatic carbocycles. The van der Waals surface area contributed by atoms with E-state index >= 15 is 0 Å². The summed E-state index contributed by atoms with van der Waals surface area (Å²) in [5.74, 6) is -0.136. The summed E-state index contributed by atoms with van der Waals surface area (Å²) in [6.07, 6.45) is -0.644. The zero-order valence-electron chi connectivity index (χ0n) is 16.4. The van der Waals surface area contributed by atoms with E-state index in [0.29, 0.717) is 19.5 Å². The lowest BCUT2D eigenvalue weighted by molar-refractivity contribution is -0.137. The van der Waals surface area contributed by atoms with Crippen molar-refractivity contribution in [3.63, 3.8) is 0 Å². The molecule has 0 bridgehead atoms. The number of carbonyl (C=O) groups excluding carboxylic acids is 1. The molecular weight excluding hydrogens is 354 g/mol. The van der Waals surface area contributed by atoms with E-state index in [1.54, 1.807) is 4.90 Å². The summed E-state index contributed by atoms with van der Waals surface area (Å²) in [7, 11) is 3.93. The Kier molecular flexibility index (Phi) is 6.31. The minimum Gasteiger partial charge on any atom is -0.465 e. The van der Waals surface area contributed by atoms with Crippen molar-refractivity contribution in [2.75, 3.05) is 27.2 Å². The molecule has 1 N–H and O–H groups in total. The van der Waals surface area contributed by atoms with Gasteiger partial charge in [-0.25, -0.2) is 4.79 Å². The van der Waals surface area contributed by atoms with Gasteiger partial charge in [-0.3, -0.25) is 9.69 Å². The molecule has 2 amide bonds. The van der Waals surface area contributed by atoms with Crippen molar-refractivity contribution in [2.24, 2.45) is 0 Å². The SMILES string of the molecule is CN(C)CCN(Cc1ccccc1)C(=O)C1Cc2ccccc2CN1C(=O)O. The topological polar surface area (TPSA) is 64.1 Å². The van der Waals surface area contributed by atoms with Crippen LogP contribution < -0.4 is 0 Å². The van der Waals surface area contributed by atoms with E-state index in [0.717, 1.165) is 23.2 Å². The van der Waals surface area contributed by atoms with Gasteiger partial charge in [0.2, 0.25) is 5.91 Å². The first-order valence-electron chi connectivity index (χ1n) is 9.49. The molecule has 0 aliphatic carbocycles. The zero-order chi connectivity index (χ0) is 20.1. The number of rotatable bonds is 6. The Bertz CT molecular complexity index is 823. The highest BCUT2D eigenvalue weighted by Gasteiger charge is 2.36. The van der Waals surface area contributed by atoms with Crippen LogP contribution in [-0.2, 0) is 24.3 Å². The Morgan fingerprint density at radius 2 is 1.64 bits per heavy atom. The number of hydrogen-bond acceptors (Lipinski definition) is 3. The first-order valence-corrected chi connectivity index (χ1v) is 9.49. The molecule has 1 atom stereocenters. The zero-order valence-corrected chi connectivity index (χ0v) is 16.4. The summed E-state index contributed by atoms with van der Waals surface area (Å²) in [5, 5.41) is 9.72. The Labute approximate surface area is 166 Å². The second-order valence-electron chi connectivity index (χ2n) is 7.45. The van der Waals surface area contributed by atoms with Gasteiger partial charge in [-0.1, -0.05) is 54.6 Å². The van der Waals surface area contributed by atoms with Gasteiger partial charge in [-0.05, 0) is 30.8 Å². The Morgan fingerprint density at radius 1 is 1.00 bits per heavy atom. The van der Waals surface area contributed by atoms with Gasteiger partial charge in [0.1, 0.15) is 6.04 Å². The van der Waals surface area contributed by atoms with Gasteiger partial charge < -0.3 is 14.9 Å². The van der Waals surface area contributed by atoms with Gasteiger partial charge in [0, 0.05) is 26.1 Å². The van der Waals surface area contributed by atoms with E-state index in [1.165, 1.54) is 4.90 Å². The largest absolute Gasteiger partial charge is 0.465 e. The van der Waals surface area contributed by atoms with Crippen molar-refractivity contribution in [1.29, 1.82) is 0 Å². The molecule has 1 aliphatic heterocycles. The van der Waals surface area contributed by atoms with Gasteiger partial charge >= 0.3 is 6.09 Å². The van der Waals surface area contributed by atoms with Crippen molar-refractivity contribution in [3.05, 3.63) is 71.3 Å². The molecule has 0 saturated carbocycles. The fourth-order valence-electron chi connectivity index (χ4n) is 3.55. The van der Waals surface area contributed by atoms with Crippen LogP contribution in [-0.4, -0.2) is 65.0 Å². The number of likely N-dealkylation sites (N-methyl/N-ethyl adjacent to an activating group) is 1. The smallest absolute Gasteiger partial charge is 0.408 e. The third-order valence-corrected chi connectivity index (χ3v) is 5.12. The molecule has 3 rings (SSSR count). The lowest BCUT2D eigenvalue weighted by Gasteiger charge is -2.37. The highest BCUT2D eigenvalue weighted by molar-refractivity contribution is 5.86. The van der Waals surface area contributed by atoms with E-state index in [2.05, 4.69) is 0 Å². The number of benzene rings is 2. The second kappa shape index (κ2) is 8.89. The lowest BCUT2D eigenvalue weighted by Crippen LogP contribution is -2.54. The predicted octanol–water partition coefficient (Wildman–Crippen LogP) is 2.68. The average molecular weight is 381 g/mol. The molecule has 0 saturated heterocycles. The van der Waals surface area contributed by atoms with Gasteiger partial charge in [0.15, 0.2) is 0 Å². The van der Waals surface area contributed by atoms with E-state index in [1.807, 2.05) is 73.6 Å². The van der Waals surface area contributed by atoms with Crippen molar-refractivity contribution in [1.82, 2.24) is 14.7 Å². The predicted molar refractivity (Wildman–Crippen MR) is 108 cm³/mol. The monoisotopic (exact) mass is 381 g/mol. The van der Waals surface area contributed by atoms with Crippen LogP contribution in [0.4, 0.5) is 4.79 Å². The molecule has 1 aliphatic rings. The summed E-state index contributed by atoms with van der Waals surface area (Å²) in [6, 6.07) is 16.9. The van der Waals surface area contributed by atoms with Gasteiger partial charge in [0.05, 0.1) is 6.54 Å². The molecule has 2 aromatic rings. The maximum absolute atomic E-state index is 13.4. The molecule has 0 aromatic heterocycles. The Morgan fingerprint density at radius 3 is 2.29 bits per heavy atom. The van der Waals surface area contributed by atoms with E-state index in [4.69, 9.17) is 0 Å². The third-order valence-electron chi connectivity index (χ3n) is 5.12. The van der Waals surface area contributed by atoms with Crippen LogP contribution in [0.3, 0.4) is 0 Å². The van der Waals surface area contributed by atoms with Crippen LogP contribution >= 0.6 is 0 Å². The van der Waals surface area contributed by atoms with E-state index < -0.39 is 12.1 Å². The standard InChI is InChI=1S/C22H27N3O3/c1-23(2)12-13-24(15-17-8-4-3-5-9-17)21(26)20-14-18-10-6-7-11-19(18)16-25(20)22(27)28/h3-11,20H,12-16H2,1-2H3,(H,27,28). The number of carboxylic acid groups (broad SMARTS) is 1. The summed E-state index contributed by atoms with van der Waals surface area (Å²) >= 11 is 0. The first kappa shape index (κ1) is 19.9. The minimum atomic E-state index is -1.06. The summed E-state index contributed by atoms with van der Waals surface area (Å²) in [4.78, 5) is 30.4. The van der Waals surface area contributed by atoms with Crippen LogP contribution in [0.25, 0.3) is 0 Å². The van der Waals surface area contributed by atoms with Crippen LogP contribution in [0.5, 0.6) is 0 Å². The fraction of sp³-hybridized carbons (Fsp3) is 0.364. The Hall–Kier alpha value is -2.86. The second-order valence-corrected chi connectivity index (χ2v) is 7.45. The van der Waals surface area contributed by atoms with Crippen molar-refractivity contribution in [2.45, 2.75) is 25.6 Å². The Balaban J connectivity index is 1.85. The number of carbonyl (C=O) groups is 2. The quantitative estimate of drug-likeness (QED) is 0.836. The highest BCUT2D eigenvalue weighted by Crippen LogP contribution is 2.25. The summed E-state index contributed by atoms with van der Waals surface area (Å²) < 4.78 is 0. The van der Waals surface area contributed by atoms with Gasteiger partial charge in [0.25, 0.3) is 0 Å². The van der Waals surface area contributed by atoms with Crippen molar-refractivity contribution >= 4 is 12.0 Å². The molecular formula is C22H27N3O3. The van der Waals surface area contributed by atoms with Crippen molar-refractivity contribution < 1.29 is 14.7 Å². The van der Waals surface area contributed by atoms with Crippen LogP contribution in [0.15, 0.2) is 54.6 Å². The lowest BCUT2D eigenvalue weighted by atomic mass is 9.93. The number of hydrogen-bond donors (Lipinski definition) is 1. The average Bonchev–Trinajstić information content (AvgIpc) is 2.70. The molecule has 0 spiro atoms. The number of fused-ring (bicyclic) bond motifs is 1. The molecule has 0 radical (unpaired) electrons. The molecule has 6 nitrogen and oxygen atoms in total. The van der Waals surface area contributed by atoms with Crippen LogP contribution in [0.1, 0.15) is 16.7 Å². The maximum Gasteiger partial charge on any atom is 0.408 e. The van der Waals surface area contributed by atoms with Gasteiger partial charge in [-0.15, -0.1) is 0 Å². The summed E-state index contributed by atoms with van der Waals surface area (Å²) in [6.45, 7) is 1.98. The van der Waals surface area contributed by atoms with E-state index in [-0.39, 0.29) is 12.5 Å². The minimum absolute atomic E-state index is 0.136. The fourth-order valence-corrected chi connectivity index (χ4v) is 3.55. The molecule has 6 heteroatoms. The normalized spacial score (nSPS) is 16.0. The first-order chi connectivity index (χ1) is 13.5. The highest BCUT2D eigenvalue weighted by atomic mass is 16.4. The maximum atomic E-state index is 13.4. The molecule has 148 valence electrons. The van der Waals surface area contributed by atoms with Crippen LogP contribution in [0.2, 0.25) is 0 Å².